The zero-order valence-corrected chi connectivity index (χ0v) is 12.2. The Morgan fingerprint density at radius 1 is 1.14 bits per heavy atom. The van der Waals surface area contributed by atoms with Gasteiger partial charge >= 0.3 is 0 Å². The van der Waals surface area contributed by atoms with Crippen LogP contribution >= 0.6 is 0 Å². The minimum Gasteiger partial charge on any atom is -0.489 e. The summed E-state index contributed by atoms with van der Waals surface area (Å²) in [6.45, 7) is 5.15. The number of ether oxygens (including phenoxy) is 1. The van der Waals surface area contributed by atoms with Gasteiger partial charge in [-0.3, -0.25) is 0 Å². The van der Waals surface area contributed by atoms with Gasteiger partial charge in [0.1, 0.15) is 12.4 Å². The van der Waals surface area contributed by atoms with Gasteiger partial charge in [-0.25, -0.2) is 0 Å². The van der Waals surface area contributed by atoms with E-state index in [-0.39, 0.29) is 5.92 Å². The lowest BCUT2D eigenvalue weighted by molar-refractivity contribution is 0.306. The van der Waals surface area contributed by atoms with Crippen molar-refractivity contribution in [3.8, 4) is 5.75 Å². The Balaban J connectivity index is 2.16. The van der Waals surface area contributed by atoms with E-state index in [1.807, 2.05) is 12.1 Å². The van der Waals surface area contributed by atoms with Crippen LogP contribution in [0.1, 0.15) is 29.0 Å². The molecule has 3 rings (SSSR count). The van der Waals surface area contributed by atoms with Crippen LogP contribution in [0.5, 0.6) is 5.75 Å². The maximum absolute atomic E-state index is 6.07. The number of benzene rings is 2. The van der Waals surface area contributed by atoms with Crippen molar-refractivity contribution < 1.29 is 4.74 Å². The standard InChI is InChI=1S/C19H21NO/c1-2-7-14(12-20)19-16-9-4-3-8-15(16)13-21-18-11-6-5-10-17(18)19/h2-6,8-11,14,19H,1,7,12-13,20H2. The van der Waals surface area contributed by atoms with Gasteiger partial charge in [-0.2, -0.15) is 0 Å². The summed E-state index contributed by atoms with van der Waals surface area (Å²) in [5, 5.41) is 0. The summed E-state index contributed by atoms with van der Waals surface area (Å²) in [5.74, 6) is 1.58. The smallest absolute Gasteiger partial charge is 0.123 e. The molecule has 0 aromatic heterocycles. The van der Waals surface area contributed by atoms with Crippen molar-refractivity contribution in [3.63, 3.8) is 0 Å². The van der Waals surface area contributed by atoms with Gasteiger partial charge < -0.3 is 10.5 Å². The number of allylic oxidation sites excluding steroid dienone is 1. The second-order valence-electron chi connectivity index (χ2n) is 5.52. The van der Waals surface area contributed by atoms with Crippen LogP contribution in [-0.2, 0) is 6.61 Å². The fourth-order valence-electron chi connectivity index (χ4n) is 3.25. The minimum absolute atomic E-state index is 0.267. The summed E-state index contributed by atoms with van der Waals surface area (Å²) in [6, 6.07) is 16.8. The van der Waals surface area contributed by atoms with Gasteiger partial charge in [0.2, 0.25) is 0 Å². The van der Waals surface area contributed by atoms with E-state index in [1.165, 1.54) is 16.7 Å². The van der Waals surface area contributed by atoms with Crippen molar-refractivity contribution in [2.75, 3.05) is 6.54 Å². The number of para-hydroxylation sites is 1. The van der Waals surface area contributed by atoms with E-state index >= 15 is 0 Å². The Hall–Kier alpha value is -2.06. The van der Waals surface area contributed by atoms with Crippen LogP contribution < -0.4 is 10.5 Å². The molecule has 0 radical (unpaired) electrons. The van der Waals surface area contributed by atoms with Crippen LogP contribution in [0.15, 0.2) is 61.2 Å². The van der Waals surface area contributed by atoms with Crippen molar-refractivity contribution in [1.82, 2.24) is 0 Å². The maximum Gasteiger partial charge on any atom is 0.123 e. The molecule has 0 aliphatic carbocycles. The first-order valence-corrected chi connectivity index (χ1v) is 7.45. The zero-order valence-electron chi connectivity index (χ0n) is 12.2. The summed E-state index contributed by atoms with van der Waals surface area (Å²) in [7, 11) is 0. The first kappa shape index (κ1) is 13.9. The molecule has 0 saturated heterocycles. The Morgan fingerprint density at radius 3 is 2.62 bits per heavy atom. The molecule has 0 fully saturated rings. The van der Waals surface area contributed by atoms with E-state index in [2.05, 4.69) is 49.0 Å². The highest BCUT2D eigenvalue weighted by atomic mass is 16.5. The van der Waals surface area contributed by atoms with E-state index in [1.54, 1.807) is 0 Å². The summed E-state index contributed by atoms with van der Waals surface area (Å²) < 4.78 is 6.01. The number of fused-ring (bicyclic) bond motifs is 2. The van der Waals surface area contributed by atoms with Gasteiger partial charge in [0.15, 0.2) is 0 Å². The summed E-state index contributed by atoms with van der Waals surface area (Å²) in [4.78, 5) is 0. The van der Waals surface area contributed by atoms with Crippen molar-refractivity contribution in [2.24, 2.45) is 11.7 Å². The Bertz CT molecular complexity index is 587. The molecule has 2 heteroatoms. The van der Waals surface area contributed by atoms with E-state index in [9.17, 15) is 0 Å². The van der Waals surface area contributed by atoms with E-state index < -0.39 is 0 Å². The fraction of sp³-hybridized carbons (Fsp3) is 0.263. The largest absolute Gasteiger partial charge is 0.489 e. The predicted octanol–water partition coefficient (Wildman–Crippen LogP) is 3.86. The molecule has 0 saturated carbocycles. The molecule has 2 aromatic carbocycles. The van der Waals surface area contributed by atoms with Crippen LogP contribution in [0.4, 0.5) is 0 Å². The molecule has 2 aromatic rings. The summed E-state index contributed by atoms with van der Waals surface area (Å²) in [6.07, 6.45) is 2.87. The van der Waals surface area contributed by atoms with Gasteiger partial charge in [-0.05, 0) is 36.1 Å². The van der Waals surface area contributed by atoms with Crippen LogP contribution in [0.2, 0.25) is 0 Å². The number of rotatable bonds is 4. The lowest BCUT2D eigenvalue weighted by Gasteiger charge is -2.26. The first-order chi connectivity index (χ1) is 10.3. The fourth-order valence-corrected chi connectivity index (χ4v) is 3.25. The van der Waals surface area contributed by atoms with Crippen LogP contribution in [-0.4, -0.2) is 6.54 Å². The Morgan fingerprint density at radius 2 is 1.86 bits per heavy atom. The molecular formula is C19H21NO. The topological polar surface area (TPSA) is 35.2 Å². The quantitative estimate of drug-likeness (QED) is 0.862. The predicted molar refractivity (Wildman–Crippen MR) is 86.4 cm³/mol. The Kier molecular flexibility index (Phi) is 4.07. The molecular weight excluding hydrogens is 258 g/mol. The average Bonchev–Trinajstić information content (AvgIpc) is 2.70. The lowest BCUT2D eigenvalue weighted by atomic mass is 9.77. The molecule has 0 bridgehead atoms. The lowest BCUT2D eigenvalue weighted by Crippen LogP contribution is -2.23. The van der Waals surface area contributed by atoms with Gasteiger partial charge in [0, 0.05) is 11.5 Å². The number of hydrogen-bond acceptors (Lipinski definition) is 2. The SMILES string of the molecule is C=CCC(CN)C1c2ccccc2COc2ccccc21. The van der Waals surface area contributed by atoms with Gasteiger partial charge in [-0.1, -0.05) is 48.5 Å². The highest BCUT2D eigenvalue weighted by Crippen LogP contribution is 2.42. The molecule has 1 aliphatic heterocycles. The van der Waals surface area contributed by atoms with Crippen molar-refractivity contribution >= 4 is 0 Å². The zero-order chi connectivity index (χ0) is 14.7. The number of hydrogen-bond donors (Lipinski definition) is 1. The molecule has 21 heavy (non-hydrogen) atoms. The van der Waals surface area contributed by atoms with Gasteiger partial charge in [0.05, 0.1) is 0 Å². The summed E-state index contributed by atoms with van der Waals surface area (Å²) in [5.41, 5.74) is 9.89. The minimum atomic E-state index is 0.267. The molecule has 2 unspecified atom stereocenters. The number of nitrogens with two attached hydrogens (primary N) is 1. The van der Waals surface area contributed by atoms with E-state index in [4.69, 9.17) is 10.5 Å². The van der Waals surface area contributed by atoms with E-state index in [0.717, 1.165) is 12.2 Å². The highest BCUT2D eigenvalue weighted by Gasteiger charge is 2.29. The van der Waals surface area contributed by atoms with Crippen molar-refractivity contribution in [1.29, 1.82) is 0 Å². The molecule has 108 valence electrons. The third kappa shape index (κ3) is 2.59. The molecule has 0 spiro atoms. The third-order valence-corrected chi connectivity index (χ3v) is 4.27. The van der Waals surface area contributed by atoms with Gasteiger partial charge in [0.25, 0.3) is 0 Å². The Labute approximate surface area is 126 Å². The van der Waals surface area contributed by atoms with Crippen LogP contribution in [0.25, 0.3) is 0 Å². The normalized spacial score (nSPS) is 17.9. The van der Waals surface area contributed by atoms with Crippen LogP contribution in [0, 0.1) is 5.92 Å². The highest BCUT2D eigenvalue weighted by molar-refractivity contribution is 5.47. The van der Waals surface area contributed by atoms with Crippen LogP contribution in [0.3, 0.4) is 0 Å². The summed E-state index contributed by atoms with van der Waals surface area (Å²) >= 11 is 0. The molecule has 0 amide bonds. The van der Waals surface area contributed by atoms with E-state index in [0.29, 0.717) is 19.1 Å². The third-order valence-electron chi connectivity index (χ3n) is 4.27. The molecule has 1 aliphatic rings. The van der Waals surface area contributed by atoms with Gasteiger partial charge in [-0.15, -0.1) is 6.58 Å². The average molecular weight is 279 g/mol. The molecule has 2 nitrogen and oxygen atoms in total. The second kappa shape index (κ2) is 6.15. The second-order valence-corrected chi connectivity index (χ2v) is 5.52. The first-order valence-electron chi connectivity index (χ1n) is 7.45. The monoisotopic (exact) mass is 279 g/mol. The maximum atomic E-state index is 6.07. The molecule has 1 heterocycles. The van der Waals surface area contributed by atoms with Crippen molar-refractivity contribution in [3.05, 3.63) is 77.9 Å². The van der Waals surface area contributed by atoms with Crippen molar-refractivity contribution in [2.45, 2.75) is 18.9 Å². The molecule has 2 atom stereocenters. The molecule has 2 N–H and O–H groups in total.